The quantitative estimate of drug-likeness (QED) is 0.804. The molecule has 0 spiro atoms. The van der Waals surface area contributed by atoms with Crippen LogP contribution in [0.5, 0.6) is 0 Å². The van der Waals surface area contributed by atoms with Crippen molar-refractivity contribution < 1.29 is 4.79 Å². The molecule has 0 heterocycles. The Labute approximate surface area is 90.7 Å². The fourth-order valence-electron chi connectivity index (χ4n) is 1.91. The van der Waals surface area contributed by atoms with Gasteiger partial charge in [-0.05, 0) is 43.4 Å². The van der Waals surface area contributed by atoms with Crippen molar-refractivity contribution in [2.24, 2.45) is 0 Å². The predicted octanol–water partition coefficient (Wildman–Crippen LogP) is 2.70. The summed E-state index contributed by atoms with van der Waals surface area (Å²) < 4.78 is 0. The minimum absolute atomic E-state index is 0.0256. The van der Waals surface area contributed by atoms with Crippen molar-refractivity contribution in [3.8, 4) is 0 Å². The predicted molar refractivity (Wildman–Crippen MR) is 61.0 cm³/mol. The molecular weight excluding hydrogens is 186 g/mol. The molecule has 0 radical (unpaired) electrons. The molecular formula is C13H17NO. The average Bonchev–Trinajstić information content (AvgIpc) is 2.16. The molecule has 1 aliphatic rings. The Balaban J connectivity index is 2.06. The monoisotopic (exact) mass is 203 g/mol. The zero-order chi connectivity index (χ0) is 10.7. The summed E-state index contributed by atoms with van der Waals surface area (Å²) >= 11 is 0. The largest absolute Gasteiger partial charge is 0.352 e. The fourth-order valence-corrected chi connectivity index (χ4v) is 1.91. The van der Waals surface area contributed by atoms with Gasteiger partial charge in [-0.3, -0.25) is 4.79 Å². The molecule has 0 bridgehead atoms. The number of carbonyl (C=O) groups excluding carboxylic acids is 1. The van der Waals surface area contributed by atoms with Crippen LogP contribution in [0.4, 0.5) is 0 Å². The summed E-state index contributed by atoms with van der Waals surface area (Å²) in [5.41, 5.74) is 2.15. The molecule has 0 unspecified atom stereocenters. The molecule has 15 heavy (non-hydrogen) atoms. The summed E-state index contributed by atoms with van der Waals surface area (Å²) in [7, 11) is 0. The van der Waals surface area contributed by atoms with Crippen molar-refractivity contribution in [2.45, 2.75) is 32.1 Å². The second-order valence-electron chi connectivity index (χ2n) is 4.11. The Kier molecular flexibility index (Phi) is 3.05. The van der Waals surface area contributed by atoms with Gasteiger partial charge in [-0.25, -0.2) is 0 Å². The lowest BCUT2D eigenvalue weighted by atomic mass is 9.80. The van der Waals surface area contributed by atoms with Gasteiger partial charge in [0.15, 0.2) is 0 Å². The number of hydrogen-bond acceptors (Lipinski definition) is 1. The van der Waals surface area contributed by atoms with Crippen LogP contribution in [0.25, 0.3) is 0 Å². The maximum atomic E-state index is 11.5. The molecule has 0 aromatic heterocycles. The van der Waals surface area contributed by atoms with Gasteiger partial charge in [-0.15, -0.1) is 0 Å². The van der Waals surface area contributed by atoms with Gasteiger partial charge in [0.1, 0.15) is 0 Å². The van der Waals surface area contributed by atoms with Crippen molar-refractivity contribution in [1.29, 1.82) is 0 Å². The maximum Gasteiger partial charge on any atom is 0.251 e. The highest BCUT2D eigenvalue weighted by molar-refractivity contribution is 5.94. The normalized spacial score (nSPS) is 15.8. The molecule has 1 aliphatic carbocycles. The second kappa shape index (κ2) is 4.47. The van der Waals surface area contributed by atoms with Crippen molar-refractivity contribution in [2.75, 3.05) is 6.54 Å². The third-order valence-electron chi connectivity index (χ3n) is 3.09. The van der Waals surface area contributed by atoms with E-state index in [4.69, 9.17) is 0 Å². The maximum absolute atomic E-state index is 11.5. The van der Waals surface area contributed by atoms with Gasteiger partial charge in [-0.1, -0.05) is 18.6 Å². The summed E-state index contributed by atoms with van der Waals surface area (Å²) in [6.45, 7) is 2.61. The number of rotatable bonds is 3. The van der Waals surface area contributed by atoms with E-state index in [1.54, 1.807) is 0 Å². The highest BCUT2D eigenvalue weighted by Gasteiger charge is 2.19. The third kappa shape index (κ3) is 2.20. The first-order valence-electron chi connectivity index (χ1n) is 5.69. The van der Waals surface area contributed by atoms with Crippen LogP contribution in [0.3, 0.4) is 0 Å². The Morgan fingerprint density at radius 2 is 2.00 bits per heavy atom. The number of nitrogens with one attached hydrogen (secondary N) is 1. The van der Waals surface area contributed by atoms with Gasteiger partial charge in [0.2, 0.25) is 0 Å². The number of hydrogen-bond donors (Lipinski definition) is 1. The number of benzene rings is 1. The molecule has 1 fully saturated rings. The molecule has 0 atom stereocenters. The Morgan fingerprint density at radius 1 is 1.33 bits per heavy atom. The van der Waals surface area contributed by atoms with Crippen molar-refractivity contribution in [3.05, 3.63) is 35.4 Å². The molecule has 80 valence electrons. The van der Waals surface area contributed by atoms with Crippen LogP contribution in [-0.4, -0.2) is 12.5 Å². The smallest absolute Gasteiger partial charge is 0.251 e. The third-order valence-corrected chi connectivity index (χ3v) is 3.09. The zero-order valence-corrected chi connectivity index (χ0v) is 9.12. The molecule has 2 heteroatoms. The first-order valence-corrected chi connectivity index (χ1v) is 5.69. The van der Waals surface area contributed by atoms with Gasteiger partial charge in [-0.2, -0.15) is 0 Å². The van der Waals surface area contributed by atoms with E-state index in [2.05, 4.69) is 17.4 Å². The lowest BCUT2D eigenvalue weighted by Crippen LogP contribution is -2.22. The van der Waals surface area contributed by atoms with Crippen molar-refractivity contribution in [1.82, 2.24) is 5.32 Å². The number of carbonyl (C=O) groups is 1. The SMILES string of the molecule is CCNC(=O)c1ccc(C2CCC2)cc1. The van der Waals surface area contributed by atoms with Crippen LogP contribution in [0.1, 0.15) is 48.0 Å². The Morgan fingerprint density at radius 3 is 2.47 bits per heavy atom. The fraction of sp³-hybridized carbons (Fsp3) is 0.462. The first kappa shape index (κ1) is 10.2. The van der Waals surface area contributed by atoms with Gasteiger partial charge in [0.25, 0.3) is 5.91 Å². The van der Waals surface area contributed by atoms with E-state index in [0.717, 1.165) is 11.5 Å². The average molecular weight is 203 g/mol. The second-order valence-corrected chi connectivity index (χ2v) is 4.11. The van der Waals surface area contributed by atoms with Gasteiger partial charge in [0.05, 0.1) is 0 Å². The van der Waals surface area contributed by atoms with E-state index in [1.165, 1.54) is 24.8 Å². The number of amides is 1. The van der Waals surface area contributed by atoms with Gasteiger partial charge < -0.3 is 5.32 Å². The van der Waals surface area contributed by atoms with Crippen molar-refractivity contribution in [3.63, 3.8) is 0 Å². The van der Waals surface area contributed by atoms with Crippen LogP contribution < -0.4 is 5.32 Å². The van der Waals surface area contributed by atoms with E-state index in [9.17, 15) is 4.79 Å². The minimum Gasteiger partial charge on any atom is -0.352 e. The zero-order valence-electron chi connectivity index (χ0n) is 9.12. The van der Waals surface area contributed by atoms with Gasteiger partial charge in [0, 0.05) is 12.1 Å². The van der Waals surface area contributed by atoms with E-state index in [0.29, 0.717) is 6.54 Å². The molecule has 1 aromatic carbocycles. The van der Waals surface area contributed by atoms with Crippen molar-refractivity contribution >= 4 is 5.91 Å². The molecule has 2 rings (SSSR count). The van der Waals surface area contributed by atoms with E-state index < -0.39 is 0 Å². The molecule has 0 saturated heterocycles. The lowest BCUT2D eigenvalue weighted by molar-refractivity contribution is 0.0956. The topological polar surface area (TPSA) is 29.1 Å². The Hall–Kier alpha value is -1.31. The van der Waals surface area contributed by atoms with Crippen LogP contribution in [-0.2, 0) is 0 Å². The summed E-state index contributed by atoms with van der Waals surface area (Å²) in [6.07, 6.45) is 3.96. The first-order chi connectivity index (χ1) is 7.31. The molecule has 1 N–H and O–H groups in total. The van der Waals surface area contributed by atoms with E-state index in [-0.39, 0.29) is 5.91 Å². The summed E-state index contributed by atoms with van der Waals surface area (Å²) in [5.74, 6) is 0.769. The van der Waals surface area contributed by atoms with Gasteiger partial charge >= 0.3 is 0 Å². The lowest BCUT2D eigenvalue weighted by Gasteiger charge is -2.25. The highest BCUT2D eigenvalue weighted by Crippen LogP contribution is 2.36. The van der Waals surface area contributed by atoms with Crippen LogP contribution in [0.2, 0.25) is 0 Å². The summed E-state index contributed by atoms with van der Waals surface area (Å²) in [6, 6.07) is 8.04. The van der Waals surface area contributed by atoms with Crippen LogP contribution >= 0.6 is 0 Å². The molecule has 1 amide bonds. The standard InChI is InChI=1S/C13H17NO/c1-2-14-13(15)12-8-6-11(7-9-12)10-4-3-5-10/h6-10H,2-5H2,1H3,(H,14,15). The molecule has 2 nitrogen and oxygen atoms in total. The van der Waals surface area contributed by atoms with Crippen LogP contribution in [0, 0.1) is 0 Å². The summed E-state index contributed by atoms with van der Waals surface area (Å²) in [5, 5.41) is 2.80. The molecule has 1 saturated carbocycles. The molecule has 1 aromatic rings. The summed E-state index contributed by atoms with van der Waals surface area (Å²) in [4.78, 5) is 11.5. The molecule has 0 aliphatic heterocycles. The van der Waals surface area contributed by atoms with E-state index >= 15 is 0 Å². The minimum atomic E-state index is 0.0256. The van der Waals surface area contributed by atoms with Crippen LogP contribution in [0.15, 0.2) is 24.3 Å². The van der Waals surface area contributed by atoms with E-state index in [1.807, 2.05) is 19.1 Å². The Bertz CT molecular complexity index is 338. The highest BCUT2D eigenvalue weighted by atomic mass is 16.1.